The van der Waals surface area contributed by atoms with E-state index in [1.54, 1.807) is 4.88 Å². The summed E-state index contributed by atoms with van der Waals surface area (Å²) < 4.78 is 0. The number of guanidine groups is 1. The smallest absolute Gasteiger partial charge is 0.191 e. The summed E-state index contributed by atoms with van der Waals surface area (Å²) >= 11 is 1.91. The lowest BCUT2D eigenvalue weighted by Gasteiger charge is -2.33. The van der Waals surface area contributed by atoms with Crippen molar-refractivity contribution < 1.29 is 0 Å². The molecule has 3 rings (SSSR count). The number of rotatable bonds is 6. The fraction of sp³-hybridized carbons (Fsp3) is 0.737. The van der Waals surface area contributed by atoms with Crippen molar-refractivity contribution in [3.63, 3.8) is 0 Å². The molecule has 140 valence electrons. The highest BCUT2D eigenvalue weighted by atomic mass is 32.1. The van der Waals surface area contributed by atoms with Crippen LogP contribution < -0.4 is 10.6 Å². The molecule has 0 aliphatic carbocycles. The van der Waals surface area contributed by atoms with Crippen molar-refractivity contribution in [1.82, 2.24) is 20.4 Å². The average molecular weight is 364 g/mol. The van der Waals surface area contributed by atoms with Gasteiger partial charge in [-0.3, -0.25) is 14.8 Å². The van der Waals surface area contributed by atoms with Gasteiger partial charge in [-0.05, 0) is 56.3 Å². The number of likely N-dealkylation sites (N-methyl/N-ethyl adjacent to an activating group) is 1. The number of likely N-dealkylation sites (tertiary alicyclic amines) is 1. The number of nitrogens with one attached hydrogen (secondary N) is 2. The van der Waals surface area contributed by atoms with E-state index in [-0.39, 0.29) is 0 Å². The summed E-state index contributed by atoms with van der Waals surface area (Å²) in [5.41, 5.74) is 1.52. The lowest BCUT2D eigenvalue weighted by Crippen LogP contribution is -2.49. The van der Waals surface area contributed by atoms with Gasteiger partial charge in [0, 0.05) is 50.2 Å². The molecule has 1 fully saturated rings. The van der Waals surface area contributed by atoms with Crippen molar-refractivity contribution >= 4 is 17.3 Å². The van der Waals surface area contributed by atoms with Gasteiger partial charge < -0.3 is 10.6 Å². The highest BCUT2D eigenvalue weighted by molar-refractivity contribution is 7.10. The minimum atomic E-state index is 0.505. The molecule has 0 bridgehead atoms. The second-order valence-corrected chi connectivity index (χ2v) is 8.20. The zero-order valence-electron chi connectivity index (χ0n) is 15.9. The second kappa shape index (κ2) is 9.01. The Bertz CT molecular complexity index is 570. The van der Waals surface area contributed by atoms with Crippen LogP contribution in [0.15, 0.2) is 16.4 Å². The molecule has 0 aromatic carbocycles. The first-order chi connectivity index (χ1) is 12.2. The Kier molecular flexibility index (Phi) is 6.73. The van der Waals surface area contributed by atoms with Crippen LogP contribution in [0.4, 0.5) is 0 Å². The molecule has 6 heteroatoms. The van der Waals surface area contributed by atoms with E-state index in [1.807, 2.05) is 18.4 Å². The summed E-state index contributed by atoms with van der Waals surface area (Å²) in [7, 11) is 1.87. The Labute approximate surface area is 156 Å². The molecular formula is C19H33N5S. The molecule has 2 atom stereocenters. The largest absolute Gasteiger partial charge is 0.355 e. The van der Waals surface area contributed by atoms with Crippen LogP contribution in [0, 0.1) is 0 Å². The van der Waals surface area contributed by atoms with E-state index in [4.69, 9.17) is 0 Å². The fourth-order valence-electron chi connectivity index (χ4n) is 4.00. The lowest BCUT2D eigenvalue weighted by atomic mass is 10.1. The first-order valence-corrected chi connectivity index (χ1v) is 10.6. The maximum atomic E-state index is 4.40. The van der Waals surface area contributed by atoms with E-state index in [0.717, 1.165) is 38.7 Å². The lowest BCUT2D eigenvalue weighted by molar-refractivity contribution is 0.192. The average Bonchev–Trinajstić information content (AvgIpc) is 3.29. The van der Waals surface area contributed by atoms with Gasteiger partial charge in [-0.15, -0.1) is 11.3 Å². The van der Waals surface area contributed by atoms with Crippen molar-refractivity contribution in [1.29, 1.82) is 0 Å². The van der Waals surface area contributed by atoms with Crippen LogP contribution in [-0.2, 0) is 13.0 Å². The van der Waals surface area contributed by atoms with E-state index in [2.05, 4.69) is 50.7 Å². The maximum absolute atomic E-state index is 4.40. The van der Waals surface area contributed by atoms with E-state index in [1.165, 1.54) is 31.4 Å². The van der Waals surface area contributed by atoms with E-state index < -0.39 is 0 Å². The first kappa shape index (κ1) is 18.7. The quantitative estimate of drug-likeness (QED) is 0.600. The van der Waals surface area contributed by atoms with Crippen molar-refractivity contribution in [3.8, 4) is 0 Å². The van der Waals surface area contributed by atoms with E-state index in [0.29, 0.717) is 12.1 Å². The van der Waals surface area contributed by atoms with Gasteiger partial charge in [0.25, 0.3) is 0 Å². The Morgan fingerprint density at radius 1 is 1.40 bits per heavy atom. The van der Waals surface area contributed by atoms with Crippen LogP contribution in [0.5, 0.6) is 0 Å². The molecule has 5 nitrogen and oxygen atoms in total. The van der Waals surface area contributed by atoms with Gasteiger partial charge in [-0.25, -0.2) is 0 Å². The highest BCUT2D eigenvalue weighted by Crippen LogP contribution is 2.24. The van der Waals surface area contributed by atoms with Gasteiger partial charge in [0.2, 0.25) is 0 Å². The Hall–Kier alpha value is -1.11. The first-order valence-electron chi connectivity index (χ1n) is 9.69. The predicted octanol–water partition coefficient (Wildman–Crippen LogP) is 2.14. The number of fused-ring (bicyclic) bond motifs is 1. The zero-order chi connectivity index (χ0) is 17.6. The molecule has 2 unspecified atom stereocenters. The molecule has 2 aliphatic heterocycles. The van der Waals surface area contributed by atoms with Crippen LogP contribution in [-0.4, -0.2) is 67.6 Å². The molecule has 2 aliphatic rings. The van der Waals surface area contributed by atoms with Gasteiger partial charge in [0.1, 0.15) is 0 Å². The van der Waals surface area contributed by atoms with Crippen molar-refractivity contribution in [2.75, 3.05) is 39.8 Å². The normalized spacial score (nSPS) is 23.5. The van der Waals surface area contributed by atoms with Gasteiger partial charge in [-0.1, -0.05) is 6.92 Å². The second-order valence-electron chi connectivity index (χ2n) is 7.20. The number of nitrogens with zero attached hydrogens (tertiary/aromatic N) is 3. The highest BCUT2D eigenvalue weighted by Gasteiger charge is 2.24. The number of aliphatic imine (C=N–C) groups is 1. The predicted molar refractivity (Wildman–Crippen MR) is 108 cm³/mol. The molecule has 1 aromatic heterocycles. The number of hydrogen-bond donors (Lipinski definition) is 2. The summed E-state index contributed by atoms with van der Waals surface area (Å²) in [5, 5.41) is 9.28. The third-order valence-electron chi connectivity index (χ3n) is 5.66. The monoisotopic (exact) mass is 363 g/mol. The molecule has 2 N–H and O–H groups in total. The third-order valence-corrected chi connectivity index (χ3v) is 6.68. The van der Waals surface area contributed by atoms with Crippen molar-refractivity contribution in [3.05, 3.63) is 21.9 Å². The Morgan fingerprint density at radius 2 is 2.28 bits per heavy atom. The van der Waals surface area contributed by atoms with Gasteiger partial charge in [0.15, 0.2) is 5.96 Å². The molecule has 0 spiro atoms. The molecule has 1 aromatic rings. The standard InChI is InChI=1S/C19H33N5S/c1-4-23-9-5-6-17(23)13-22-19(20-3)21-12-15(2)24-10-7-18-16(14-24)8-11-25-18/h8,11,15,17H,4-7,9-10,12-14H2,1-3H3,(H2,20,21,22). The Morgan fingerprint density at radius 3 is 3.08 bits per heavy atom. The van der Waals surface area contributed by atoms with E-state index >= 15 is 0 Å². The molecule has 0 saturated carbocycles. The molecule has 0 amide bonds. The van der Waals surface area contributed by atoms with Crippen molar-refractivity contribution in [2.45, 2.75) is 51.7 Å². The molecule has 0 radical (unpaired) electrons. The van der Waals surface area contributed by atoms with Crippen LogP contribution in [0.3, 0.4) is 0 Å². The number of hydrogen-bond acceptors (Lipinski definition) is 4. The summed E-state index contributed by atoms with van der Waals surface area (Å²) in [6.45, 7) is 11.1. The summed E-state index contributed by atoms with van der Waals surface area (Å²) in [6, 6.07) is 3.44. The summed E-state index contributed by atoms with van der Waals surface area (Å²) in [4.78, 5) is 11.1. The Balaban J connectivity index is 1.42. The van der Waals surface area contributed by atoms with Crippen LogP contribution >= 0.6 is 11.3 Å². The molecular weight excluding hydrogens is 330 g/mol. The minimum Gasteiger partial charge on any atom is -0.355 e. The molecule has 25 heavy (non-hydrogen) atoms. The van der Waals surface area contributed by atoms with Crippen LogP contribution in [0.2, 0.25) is 0 Å². The minimum absolute atomic E-state index is 0.505. The topological polar surface area (TPSA) is 42.9 Å². The maximum Gasteiger partial charge on any atom is 0.191 e. The van der Waals surface area contributed by atoms with Gasteiger partial charge in [-0.2, -0.15) is 0 Å². The van der Waals surface area contributed by atoms with Crippen molar-refractivity contribution in [2.24, 2.45) is 4.99 Å². The van der Waals surface area contributed by atoms with E-state index in [9.17, 15) is 0 Å². The molecule has 3 heterocycles. The third kappa shape index (κ3) is 4.74. The summed E-state index contributed by atoms with van der Waals surface area (Å²) in [5.74, 6) is 0.933. The van der Waals surface area contributed by atoms with Crippen LogP contribution in [0.25, 0.3) is 0 Å². The van der Waals surface area contributed by atoms with Gasteiger partial charge in [0.05, 0.1) is 0 Å². The SMILES string of the molecule is CCN1CCCC1CNC(=NC)NCC(C)N1CCc2sccc2C1. The van der Waals surface area contributed by atoms with Gasteiger partial charge >= 0.3 is 0 Å². The number of thiophene rings is 1. The fourth-order valence-corrected chi connectivity index (χ4v) is 4.89. The van der Waals surface area contributed by atoms with Crippen LogP contribution in [0.1, 0.15) is 37.1 Å². The summed E-state index contributed by atoms with van der Waals surface area (Å²) in [6.07, 6.45) is 3.81. The molecule has 1 saturated heterocycles. The zero-order valence-corrected chi connectivity index (χ0v) is 16.7.